The Morgan fingerprint density at radius 1 is 1.10 bits per heavy atom. The van der Waals surface area contributed by atoms with Gasteiger partial charge in [0.2, 0.25) is 0 Å². The third-order valence-corrected chi connectivity index (χ3v) is 5.31. The minimum absolute atomic E-state index is 0.220. The minimum Gasteiger partial charge on any atom is -0.382 e. The van der Waals surface area contributed by atoms with Crippen molar-refractivity contribution in [2.75, 3.05) is 30.3 Å². The van der Waals surface area contributed by atoms with Crippen LogP contribution in [0.5, 0.6) is 0 Å². The van der Waals surface area contributed by atoms with E-state index in [1.165, 1.54) is 32.1 Å². The van der Waals surface area contributed by atoms with Crippen molar-refractivity contribution in [3.05, 3.63) is 23.8 Å². The molecule has 21 heavy (non-hydrogen) atoms. The molecule has 4 nitrogen and oxygen atoms in total. The topological polar surface area (TPSA) is 44.4 Å². The molecule has 1 aromatic carbocycles. The molecule has 4 heteroatoms. The molecule has 2 aliphatic heterocycles. The van der Waals surface area contributed by atoms with Crippen molar-refractivity contribution in [1.29, 1.82) is 0 Å². The van der Waals surface area contributed by atoms with Gasteiger partial charge in [-0.05, 0) is 37.3 Å². The van der Waals surface area contributed by atoms with Gasteiger partial charge in [0, 0.05) is 25.7 Å². The molecule has 1 aromatic rings. The first-order valence-electron chi connectivity index (χ1n) is 8.26. The lowest BCUT2D eigenvalue weighted by molar-refractivity contribution is 0.0691. The maximum Gasteiger partial charge on any atom is 0.256 e. The fraction of sp³-hybridized carbons (Fsp3) is 0.588. The van der Waals surface area contributed by atoms with Gasteiger partial charge >= 0.3 is 0 Å². The Hall–Kier alpha value is -1.71. The van der Waals surface area contributed by atoms with Crippen molar-refractivity contribution < 1.29 is 4.79 Å². The highest BCUT2D eigenvalue weighted by Crippen LogP contribution is 2.38. The third-order valence-electron chi connectivity index (χ3n) is 5.31. The molecule has 2 unspecified atom stereocenters. The number of rotatable bonds is 1. The molecule has 1 amide bonds. The van der Waals surface area contributed by atoms with Gasteiger partial charge in [0.1, 0.15) is 0 Å². The van der Waals surface area contributed by atoms with Crippen LogP contribution < -0.4 is 10.6 Å². The summed E-state index contributed by atoms with van der Waals surface area (Å²) in [4.78, 5) is 15.2. The van der Waals surface area contributed by atoms with Crippen molar-refractivity contribution in [2.24, 2.45) is 5.92 Å². The summed E-state index contributed by atoms with van der Waals surface area (Å²) in [5.74, 6) is 0.964. The number of amides is 1. The summed E-state index contributed by atoms with van der Waals surface area (Å²) < 4.78 is 0. The van der Waals surface area contributed by atoms with E-state index in [1.807, 2.05) is 18.2 Å². The summed E-state index contributed by atoms with van der Waals surface area (Å²) in [7, 11) is 0. The molecule has 1 aliphatic carbocycles. The number of likely N-dealkylation sites (tertiary alicyclic amines) is 1. The highest BCUT2D eigenvalue weighted by Gasteiger charge is 2.39. The van der Waals surface area contributed by atoms with Crippen LogP contribution in [0.2, 0.25) is 0 Å². The Balaban J connectivity index is 1.63. The number of carbonyl (C=O) groups excluding carboxylic acids is 1. The second-order valence-electron chi connectivity index (χ2n) is 6.48. The van der Waals surface area contributed by atoms with E-state index in [4.69, 9.17) is 0 Å². The number of hydrogen-bond donors (Lipinski definition) is 2. The Morgan fingerprint density at radius 3 is 2.90 bits per heavy atom. The lowest BCUT2D eigenvalue weighted by Crippen LogP contribution is -2.39. The molecule has 2 heterocycles. The molecule has 3 aliphatic rings. The van der Waals surface area contributed by atoms with E-state index in [0.29, 0.717) is 6.04 Å². The highest BCUT2D eigenvalue weighted by molar-refractivity contribution is 6.03. The van der Waals surface area contributed by atoms with Gasteiger partial charge in [-0.25, -0.2) is 0 Å². The van der Waals surface area contributed by atoms with E-state index in [-0.39, 0.29) is 5.91 Å². The van der Waals surface area contributed by atoms with Crippen molar-refractivity contribution >= 4 is 17.3 Å². The van der Waals surface area contributed by atoms with Crippen LogP contribution in [0.25, 0.3) is 0 Å². The smallest absolute Gasteiger partial charge is 0.256 e. The Labute approximate surface area is 125 Å². The van der Waals surface area contributed by atoms with Crippen LogP contribution in [0.1, 0.15) is 42.5 Å². The fourth-order valence-electron chi connectivity index (χ4n) is 4.27. The average Bonchev–Trinajstić information content (AvgIpc) is 2.98. The predicted molar refractivity (Wildman–Crippen MR) is 84.8 cm³/mol. The predicted octanol–water partition coefficient (Wildman–Crippen LogP) is 2.93. The second kappa shape index (κ2) is 5.24. The summed E-state index contributed by atoms with van der Waals surface area (Å²) in [6.07, 6.45) is 6.31. The quantitative estimate of drug-likeness (QED) is 0.834. The van der Waals surface area contributed by atoms with E-state index >= 15 is 0 Å². The Morgan fingerprint density at radius 2 is 1.95 bits per heavy atom. The van der Waals surface area contributed by atoms with Crippen molar-refractivity contribution in [3.63, 3.8) is 0 Å². The summed E-state index contributed by atoms with van der Waals surface area (Å²) in [6.45, 7) is 2.73. The van der Waals surface area contributed by atoms with E-state index in [2.05, 4.69) is 15.5 Å². The monoisotopic (exact) mass is 285 g/mol. The molecule has 1 saturated carbocycles. The van der Waals surface area contributed by atoms with Crippen molar-refractivity contribution in [1.82, 2.24) is 4.90 Å². The SMILES string of the molecule is O=C(c1cccc2c1NCCN2)N1CCC2CCCCC21. The van der Waals surface area contributed by atoms with Crippen LogP contribution in [0.15, 0.2) is 18.2 Å². The zero-order valence-corrected chi connectivity index (χ0v) is 12.4. The van der Waals surface area contributed by atoms with E-state index < -0.39 is 0 Å². The van der Waals surface area contributed by atoms with E-state index in [1.54, 1.807) is 0 Å². The highest BCUT2D eigenvalue weighted by atomic mass is 16.2. The van der Waals surface area contributed by atoms with Crippen LogP contribution >= 0.6 is 0 Å². The number of para-hydroxylation sites is 1. The van der Waals surface area contributed by atoms with Gasteiger partial charge in [0.15, 0.2) is 0 Å². The summed E-state index contributed by atoms with van der Waals surface area (Å²) in [5.41, 5.74) is 2.89. The Kier molecular flexibility index (Phi) is 3.24. The van der Waals surface area contributed by atoms with Gasteiger partial charge in [-0.3, -0.25) is 4.79 Å². The number of benzene rings is 1. The lowest BCUT2D eigenvalue weighted by atomic mass is 9.85. The first-order valence-corrected chi connectivity index (χ1v) is 8.26. The zero-order chi connectivity index (χ0) is 14.2. The maximum atomic E-state index is 13.0. The number of anilines is 2. The molecule has 0 bridgehead atoms. The lowest BCUT2D eigenvalue weighted by Gasteiger charge is -2.32. The number of carbonyl (C=O) groups is 1. The molecule has 2 N–H and O–H groups in total. The molecule has 2 atom stereocenters. The van der Waals surface area contributed by atoms with Gasteiger partial charge in [-0.1, -0.05) is 18.9 Å². The first-order chi connectivity index (χ1) is 10.3. The summed E-state index contributed by atoms with van der Waals surface area (Å²) >= 11 is 0. The van der Waals surface area contributed by atoms with Crippen LogP contribution in [-0.2, 0) is 0 Å². The van der Waals surface area contributed by atoms with Gasteiger partial charge in [-0.2, -0.15) is 0 Å². The van der Waals surface area contributed by atoms with Crippen LogP contribution in [0.3, 0.4) is 0 Å². The third kappa shape index (κ3) is 2.17. The van der Waals surface area contributed by atoms with Gasteiger partial charge < -0.3 is 15.5 Å². The molecular formula is C17H23N3O. The minimum atomic E-state index is 0.220. The molecule has 0 radical (unpaired) electrons. The zero-order valence-electron chi connectivity index (χ0n) is 12.4. The standard InChI is InChI=1S/C17H23N3O/c21-17(20-11-8-12-4-1-2-7-15(12)20)13-5-3-6-14-16(13)19-10-9-18-14/h3,5-6,12,15,18-19H,1-2,4,7-11H2. The van der Waals surface area contributed by atoms with Crippen LogP contribution in [0, 0.1) is 5.92 Å². The molecule has 0 spiro atoms. The number of nitrogens with one attached hydrogen (secondary N) is 2. The first kappa shape index (κ1) is 13.0. The number of hydrogen-bond acceptors (Lipinski definition) is 3. The van der Waals surface area contributed by atoms with Gasteiger partial charge in [-0.15, -0.1) is 0 Å². The van der Waals surface area contributed by atoms with Crippen molar-refractivity contribution in [3.8, 4) is 0 Å². The molecule has 4 rings (SSSR count). The second-order valence-corrected chi connectivity index (χ2v) is 6.48. The summed E-state index contributed by atoms with van der Waals surface area (Å²) in [6, 6.07) is 6.49. The van der Waals surface area contributed by atoms with E-state index in [9.17, 15) is 4.79 Å². The van der Waals surface area contributed by atoms with E-state index in [0.717, 1.165) is 42.5 Å². The largest absolute Gasteiger partial charge is 0.382 e. The van der Waals surface area contributed by atoms with Crippen LogP contribution in [-0.4, -0.2) is 36.5 Å². The normalized spacial score (nSPS) is 27.3. The fourth-order valence-corrected chi connectivity index (χ4v) is 4.27. The van der Waals surface area contributed by atoms with Crippen LogP contribution in [0.4, 0.5) is 11.4 Å². The number of fused-ring (bicyclic) bond motifs is 2. The molecule has 2 fully saturated rings. The average molecular weight is 285 g/mol. The maximum absolute atomic E-state index is 13.0. The number of nitrogens with zero attached hydrogens (tertiary/aromatic N) is 1. The molecule has 112 valence electrons. The van der Waals surface area contributed by atoms with Gasteiger partial charge in [0.25, 0.3) is 5.91 Å². The van der Waals surface area contributed by atoms with Gasteiger partial charge in [0.05, 0.1) is 16.9 Å². The Bertz CT molecular complexity index is 557. The summed E-state index contributed by atoms with van der Waals surface area (Å²) in [5, 5.41) is 6.77. The molecule has 0 aromatic heterocycles. The molecular weight excluding hydrogens is 262 g/mol. The molecule has 1 saturated heterocycles. The van der Waals surface area contributed by atoms with Crippen molar-refractivity contribution in [2.45, 2.75) is 38.1 Å².